The zero-order chi connectivity index (χ0) is 35.1. The van der Waals surface area contributed by atoms with Crippen molar-refractivity contribution in [1.29, 1.82) is 0 Å². The molecule has 2 heteroatoms. The standard InChI is InChI=1S/C50H55N2/c1-49(36-38-21-5-3-6-22-38)45(52(35-16-13-20-37-18-7-8-19-37)44-32-30-39-23-9-11-25-41(39)47(44)49)27-17-28-46-50(33-14-4-15-34-50)48-42-26-12-10-24-40(42)29-31-43(48)51(46)2/h3,5-6,9-12,17,21-32,37H,4,7-8,13-16,18-20,33-36H2,1-2H3/q+1. The van der Waals surface area contributed by atoms with Gasteiger partial charge in [-0.25, -0.2) is 0 Å². The van der Waals surface area contributed by atoms with E-state index in [-0.39, 0.29) is 10.8 Å². The fraction of sp³-hybridized carbons (Fsp3) is 0.380. The van der Waals surface area contributed by atoms with Gasteiger partial charge in [-0.15, -0.1) is 0 Å². The molecule has 5 aromatic carbocycles. The molecule has 0 aromatic heterocycles. The monoisotopic (exact) mass is 683 g/mol. The fourth-order valence-corrected chi connectivity index (χ4v) is 11.1. The fourth-order valence-electron chi connectivity index (χ4n) is 11.1. The summed E-state index contributed by atoms with van der Waals surface area (Å²) in [5, 5.41) is 5.54. The van der Waals surface area contributed by atoms with Gasteiger partial charge in [-0.3, -0.25) is 0 Å². The van der Waals surface area contributed by atoms with Crippen molar-refractivity contribution in [1.82, 2.24) is 0 Å². The Hall–Kier alpha value is -4.43. The number of benzene rings is 5. The normalized spacial score (nSPS) is 22.1. The second kappa shape index (κ2) is 13.8. The van der Waals surface area contributed by atoms with E-state index in [0.29, 0.717) is 0 Å². The maximum atomic E-state index is 2.73. The third-order valence-corrected chi connectivity index (χ3v) is 13.5. The van der Waals surface area contributed by atoms with Gasteiger partial charge in [-0.05, 0) is 89.4 Å². The summed E-state index contributed by atoms with van der Waals surface area (Å²) in [4.78, 5) is 2.73. The van der Waals surface area contributed by atoms with Crippen LogP contribution in [0.2, 0.25) is 0 Å². The van der Waals surface area contributed by atoms with Gasteiger partial charge in [0.2, 0.25) is 5.69 Å². The number of hydrogen-bond donors (Lipinski definition) is 0. The van der Waals surface area contributed by atoms with Crippen molar-refractivity contribution < 1.29 is 4.58 Å². The van der Waals surface area contributed by atoms with Crippen molar-refractivity contribution >= 4 is 38.6 Å². The summed E-state index contributed by atoms with van der Waals surface area (Å²) in [5.74, 6) is 0.949. The molecular formula is C50H55N2+. The summed E-state index contributed by atoms with van der Waals surface area (Å²) in [6.45, 7) is 3.60. The van der Waals surface area contributed by atoms with Crippen molar-refractivity contribution in [2.24, 2.45) is 5.92 Å². The molecule has 4 aliphatic rings. The van der Waals surface area contributed by atoms with Crippen molar-refractivity contribution in [2.45, 2.75) is 101 Å². The predicted octanol–water partition coefficient (Wildman–Crippen LogP) is 12.7. The van der Waals surface area contributed by atoms with E-state index in [2.05, 4.69) is 145 Å². The number of fused-ring (bicyclic) bond motifs is 7. The smallest absolute Gasteiger partial charge is 0.210 e. The van der Waals surface area contributed by atoms with Crippen LogP contribution >= 0.6 is 0 Å². The van der Waals surface area contributed by atoms with Crippen LogP contribution in [0.1, 0.15) is 101 Å². The van der Waals surface area contributed by atoms with Crippen LogP contribution in [0.4, 0.5) is 11.4 Å². The number of nitrogens with zero attached hydrogens (tertiary/aromatic N) is 2. The van der Waals surface area contributed by atoms with Gasteiger partial charge in [0.05, 0.1) is 5.41 Å². The van der Waals surface area contributed by atoms with Gasteiger partial charge < -0.3 is 4.90 Å². The Labute approximate surface area is 311 Å². The number of rotatable bonds is 9. The zero-order valence-corrected chi connectivity index (χ0v) is 31.4. The third-order valence-electron chi connectivity index (χ3n) is 13.5. The average molecular weight is 684 g/mol. The Morgan fingerprint density at radius 1 is 0.712 bits per heavy atom. The van der Waals surface area contributed by atoms with Gasteiger partial charge in [0, 0.05) is 41.1 Å². The lowest BCUT2D eigenvalue weighted by atomic mass is 9.66. The number of unbranched alkanes of at least 4 members (excludes halogenated alkanes) is 1. The molecular weight excluding hydrogens is 629 g/mol. The van der Waals surface area contributed by atoms with Crippen LogP contribution in [0.5, 0.6) is 0 Å². The molecule has 9 rings (SSSR count). The quantitative estimate of drug-likeness (QED) is 0.111. The van der Waals surface area contributed by atoms with Crippen LogP contribution in [-0.2, 0) is 17.3 Å². The first-order valence-electron chi connectivity index (χ1n) is 20.4. The lowest BCUT2D eigenvalue weighted by Crippen LogP contribution is -2.36. The van der Waals surface area contributed by atoms with Crippen LogP contribution in [0.3, 0.4) is 0 Å². The SMILES string of the molecule is C[N+]1=C(C=CC=C2N(CCCCC3CCCC3)c3ccc4ccccc4c3C2(C)Cc2ccccc2)C2(CCCCC2)c2c1ccc1ccccc21. The molecule has 2 saturated carbocycles. The molecule has 0 N–H and O–H groups in total. The van der Waals surface area contributed by atoms with Crippen LogP contribution < -0.4 is 4.90 Å². The van der Waals surface area contributed by atoms with Crippen molar-refractivity contribution in [3.05, 3.63) is 144 Å². The van der Waals surface area contributed by atoms with Crippen LogP contribution in [-0.4, -0.2) is 23.9 Å². The van der Waals surface area contributed by atoms with Crippen molar-refractivity contribution in [3.63, 3.8) is 0 Å². The van der Waals surface area contributed by atoms with Crippen LogP contribution in [0.15, 0.2) is 127 Å². The van der Waals surface area contributed by atoms with Gasteiger partial charge >= 0.3 is 0 Å². The van der Waals surface area contributed by atoms with Gasteiger partial charge in [0.15, 0.2) is 5.71 Å². The Bertz CT molecular complexity index is 2190. The van der Waals surface area contributed by atoms with E-state index in [1.165, 1.54) is 133 Å². The topological polar surface area (TPSA) is 6.25 Å². The van der Waals surface area contributed by atoms with E-state index in [0.717, 1.165) is 18.9 Å². The van der Waals surface area contributed by atoms with Crippen LogP contribution in [0, 0.1) is 5.92 Å². The molecule has 2 nitrogen and oxygen atoms in total. The minimum Gasteiger partial charge on any atom is -0.344 e. The number of hydrogen-bond acceptors (Lipinski definition) is 1. The zero-order valence-electron chi connectivity index (χ0n) is 31.4. The molecule has 0 bridgehead atoms. The highest BCUT2D eigenvalue weighted by Gasteiger charge is 2.51. The van der Waals surface area contributed by atoms with Gasteiger partial charge in [0.1, 0.15) is 7.05 Å². The van der Waals surface area contributed by atoms with E-state index in [1.54, 1.807) is 5.56 Å². The van der Waals surface area contributed by atoms with Gasteiger partial charge in [-0.2, -0.15) is 4.58 Å². The summed E-state index contributed by atoms with van der Waals surface area (Å²) < 4.78 is 2.53. The second-order valence-corrected chi connectivity index (χ2v) is 16.7. The summed E-state index contributed by atoms with van der Waals surface area (Å²) in [5.41, 5.74) is 10.1. The second-order valence-electron chi connectivity index (χ2n) is 16.7. The summed E-state index contributed by atoms with van der Waals surface area (Å²) in [7, 11) is 2.32. The highest BCUT2D eigenvalue weighted by molar-refractivity contribution is 6.08. The van der Waals surface area contributed by atoms with Crippen molar-refractivity contribution in [3.8, 4) is 0 Å². The third kappa shape index (κ3) is 5.65. The van der Waals surface area contributed by atoms with Gasteiger partial charge in [-0.1, -0.05) is 149 Å². The first-order chi connectivity index (χ1) is 25.6. The van der Waals surface area contributed by atoms with Gasteiger partial charge in [0.25, 0.3) is 0 Å². The molecule has 2 fully saturated rings. The largest absolute Gasteiger partial charge is 0.344 e. The lowest BCUT2D eigenvalue weighted by Gasteiger charge is -2.32. The molecule has 2 heterocycles. The average Bonchev–Trinajstić information content (AvgIpc) is 3.85. The number of anilines is 1. The molecule has 2 aliphatic heterocycles. The maximum Gasteiger partial charge on any atom is 0.210 e. The number of allylic oxidation sites excluding steroid dienone is 4. The molecule has 0 amide bonds. The van der Waals surface area contributed by atoms with E-state index < -0.39 is 0 Å². The van der Waals surface area contributed by atoms with E-state index >= 15 is 0 Å². The Morgan fingerprint density at radius 2 is 1.38 bits per heavy atom. The molecule has 0 saturated heterocycles. The molecule has 0 radical (unpaired) electrons. The Morgan fingerprint density at radius 3 is 2.13 bits per heavy atom. The summed E-state index contributed by atoms with van der Waals surface area (Å²) in [6, 6.07) is 38.9. The lowest BCUT2D eigenvalue weighted by molar-refractivity contribution is -0.401. The first-order valence-corrected chi connectivity index (χ1v) is 20.4. The Balaban J connectivity index is 1.15. The van der Waals surface area contributed by atoms with Crippen molar-refractivity contribution in [2.75, 3.05) is 18.5 Å². The molecule has 1 spiro atoms. The minimum absolute atomic E-state index is 0.0698. The molecule has 5 aromatic rings. The van der Waals surface area contributed by atoms with E-state index in [1.807, 2.05) is 0 Å². The first kappa shape index (κ1) is 33.4. The highest BCUT2D eigenvalue weighted by atomic mass is 15.2. The minimum atomic E-state index is -0.165. The summed E-state index contributed by atoms with van der Waals surface area (Å²) >= 11 is 0. The highest BCUT2D eigenvalue weighted by Crippen LogP contribution is 2.54. The maximum absolute atomic E-state index is 2.73. The molecule has 2 aliphatic carbocycles. The van der Waals surface area contributed by atoms with E-state index in [9.17, 15) is 0 Å². The van der Waals surface area contributed by atoms with Crippen LogP contribution in [0.25, 0.3) is 21.5 Å². The molecule has 1 atom stereocenters. The Kier molecular flexibility index (Phi) is 8.90. The molecule has 1 unspecified atom stereocenters. The molecule has 264 valence electrons. The predicted molar refractivity (Wildman–Crippen MR) is 221 cm³/mol. The van der Waals surface area contributed by atoms with E-state index in [4.69, 9.17) is 0 Å². The molecule has 52 heavy (non-hydrogen) atoms. The summed E-state index contributed by atoms with van der Waals surface area (Å²) in [6.07, 6.45) is 24.5.